The van der Waals surface area contributed by atoms with E-state index >= 15 is 0 Å². The summed E-state index contributed by atoms with van der Waals surface area (Å²) >= 11 is 0. The van der Waals surface area contributed by atoms with Crippen molar-refractivity contribution in [3.05, 3.63) is 12.7 Å². The van der Waals surface area contributed by atoms with Gasteiger partial charge in [0.15, 0.2) is 0 Å². The molecule has 1 aliphatic carbocycles. The van der Waals surface area contributed by atoms with Crippen LogP contribution in [0.5, 0.6) is 0 Å². The molecule has 0 saturated heterocycles. The summed E-state index contributed by atoms with van der Waals surface area (Å²) in [6.07, 6.45) is 5.61. The highest BCUT2D eigenvalue weighted by molar-refractivity contribution is 4.82. The molecule has 88 valence electrons. The Morgan fingerprint density at radius 2 is 2.33 bits per heavy atom. The SMILES string of the molecule is C=CCN(CCOC)CC1CCC(N)C1. The Balaban J connectivity index is 2.26. The standard InChI is InChI=1S/C12H24N2O/c1-3-6-14(7-8-15-2)10-11-4-5-12(13)9-11/h3,11-12H,1,4-10,13H2,2H3. The van der Waals surface area contributed by atoms with E-state index in [0.29, 0.717) is 6.04 Å². The lowest BCUT2D eigenvalue weighted by Gasteiger charge is -2.23. The number of methoxy groups -OCH3 is 1. The Bertz CT molecular complexity index is 184. The minimum Gasteiger partial charge on any atom is -0.383 e. The summed E-state index contributed by atoms with van der Waals surface area (Å²) in [5.41, 5.74) is 5.91. The van der Waals surface area contributed by atoms with E-state index in [4.69, 9.17) is 10.5 Å². The summed E-state index contributed by atoms with van der Waals surface area (Å²) in [5, 5.41) is 0. The minimum atomic E-state index is 0.433. The smallest absolute Gasteiger partial charge is 0.0589 e. The molecular formula is C12H24N2O. The molecule has 3 heteroatoms. The lowest BCUT2D eigenvalue weighted by Crippen LogP contribution is -2.32. The molecule has 3 nitrogen and oxygen atoms in total. The normalized spacial score (nSPS) is 26.1. The van der Waals surface area contributed by atoms with Crippen molar-refractivity contribution in [3.8, 4) is 0 Å². The van der Waals surface area contributed by atoms with Crippen LogP contribution in [0.25, 0.3) is 0 Å². The van der Waals surface area contributed by atoms with Crippen LogP contribution in [-0.4, -0.2) is 44.3 Å². The van der Waals surface area contributed by atoms with Gasteiger partial charge in [-0.05, 0) is 25.2 Å². The van der Waals surface area contributed by atoms with Gasteiger partial charge in [-0.25, -0.2) is 0 Å². The van der Waals surface area contributed by atoms with Crippen LogP contribution >= 0.6 is 0 Å². The van der Waals surface area contributed by atoms with E-state index in [1.165, 1.54) is 19.3 Å². The summed E-state index contributed by atoms with van der Waals surface area (Å²) in [6.45, 7) is 7.68. The van der Waals surface area contributed by atoms with Crippen molar-refractivity contribution in [2.24, 2.45) is 11.7 Å². The third-order valence-electron chi connectivity index (χ3n) is 3.10. The van der Waals surface area contributed by atoms with E-state index in [0.717, 1.165) is 32.2 Å². The Morgan fingerprint density at radius 3 is 2.87 bits per heavy atom. The zero-order chi connectivity index (χ0) is 11.1. The van der Waals surface area contributed by atoms with Crippen LogP contribution in [0.15, 0.2) is 12.7 Å². The first-order chi connectivity index (χ1) is 7.26. The second-order valence-electron chi connectivity index (χ2n) is 4.48. The predicted molar refractivity (Wildman–Crippen MR) is 63.8 cm³/mol. The number of hydrogen-bond acceptors (Lipinski definition) is 3. The van der Waals surface area contributed by atoms with E-state index in [9.17, 15) is 0 Å². The van der Waals surface area contributed by atoms with Crippen LogP contribution < -0.4 is 5.73 Å². The van der Waals surface area contributed by atoms with Gasteiger partial charge in [-0.1, -0.05) is 6.08 Å². The first-order valence-corrected chi connectivity index (χ1v) is 5.84. The number of ether oxygens (including phenoxy) is 1. The van der Waals surface area contributed by atoms with E-state index in [1.807, 2.05) is 6.08 Å². The molecule has 0 amide bonds. The fourth-order valence-corrected chi connectivity index (χ4v) is 2.30. The molecule has 0 aromatic heterocycles. The van der Waals surface area contributed by atoms with Gasteiger partial charge in [-0.15, -0.1) is 6.58 Å². The summed E-state index contributed by atoms with van der Waals surface area (Å²) < 4.78 is 5.10. The Kier molecular flexibility index (Phi) is 5.91. The van der Waals surface area contributed by atoms with Crippen LogP contribution in [0.4, 0.5) is 0 Å². The van der Waals surface area contributed by atoms with Gasteiger partial charge in [0.1, 0.15) is 0 Å². The van der Waals surface area contributed by atoms with Gasteiger partial charge in [-0.3, -0.25) is 4.90 Å². The van der Waals surface area contributed by atoms with E-state index < -0.39 is 0 Å². The largest absolute Gasteiger partial charge is 0.383 e. The number of nitrogens with two attached hydrogens (primary N) is 1. The molecule has 0 aromatic rings. The Labute approximate surface area is 93.3 Å². The minimum absolute atomic E-state index is 0.433. The molecule has 0 aromatic carbocycles. The van der Waals surface area contributed by atoms with Gasteiger partial charge in [0.2, 0.25) is 0 Å². The fourth-order valence-electron chi connectivity index (χ4n) is 2.30. The molecule has 1 aliphatic rings. The maximum atomic E-state index is 5.91. The molecule has 0 spiro atoms. The van der Waals surface area contributed by atoms with Gasteiger partial charge < -0.3 is 10.5 Å². The molecule has 0 heterocycles. The maximum Gasteiger partial charge on any atom is 0.0589 e. The summed E-state index contributed by atoms with van der Waals surface area (Å²) in [4.78, 5) is 2.40. The summed E-state index contributed by atoms with van der Waals surface area (Å²) in [7, 11) is 1.75. The maximum absolute atomic E-state index is 5.91. The average molecular weight is 212 g/mol. The molecule has 2 atom stereocenters. The first-order valence-electron chi connectivity index (χ1n) is 5.84. The molecule has 0 aliphatic heterocycles. The number of rotatable bonds is 7. The molecule has 1 saturated carbocycles. The summed E-state index contributed by atoms with van der Waals surface area (Å²) in [6, 6.07) is 0.433. The quantitative estimate of drug-likeness (QED) is 0.645. The second-order valence-corrected chi connectivity index (χ2v) is 4.48. The zero-order valence-corrected chi connectivity index (χ0v) is 9.82. The van der Waals surface area contributed by atoms with Crippen molar-refractivity contribution in [3.63, 3.8) is 0 Å². The third kappa shape index (κ3) is 4.78. The Hall–Kier alpha value is -0.380. The van der Waals surface area contributed by atoms with Gasteiger partial charge in [0.25, 0.3) is 0 Å². The van der Waals surface area contributed by atoms with E-state index in [-0.39, 0.29) is 0 Å². The topological polar surface area (TPSA) is 38.5 Å². The zero-order valence-electron chi connectivity index (χ0n) is 9.82. The molecule has 0 bridgehead atoms. The van der Waals surface area contributed by atoms with Crippen molar-refractivity contribution in [2.75, 3.05) is 33.4 Å². The summed E-state index contributed by atoms with van der Waals surface area (Å²) in [5.74, 6) is 0.775. The van der Waals surface area contributed by atoms with Crippen LogP contribution in [0.3, 0.4) is 0 Å². The molecule has 1 fully saturated rings. The monoisotopic (exact) mass is 212 g/mol. The van der Waals surface area contributed by atoms with Gasteiger partial charge >= 0.3 is 0 Å². The van der Waals surface area contributed by atoms with E-state index in [2.05, 4.69) is 11.5 Å². The first kappa shape index (κ1) is 12.7. The third-order valence-corrected chi connectivity index (χ3v) is 3.10. The van der Waals surface area contributed by atoms with Crippen molar-refractivity contribution in [1.29, 1.82) is 0 Å². The molecule has 15 heavy (non-hydrogen) atoms. The van der Waals surface area contributed by atoms with Crippen LogP contribution in [0.2, 0.25) is 0 Å². The van der Waals surface area contributed by atoms with Gasteiger partial charge in [0.05, 0.1) is 6.61 Å². The molecule has 0 radical (unpaired) electrons. The highest BCUT2D eigenvalue weighted by Crippen LogP contribution is 2.24. The fraction of sp³-hybridized carbons (Fsp3) is 0.833. The van der Waals surface area contributed by atoms with Crippen molar-refractivity contribution >= 4 is 0 Å². The highest BCUT2D eigenvalue weighted by Gasteiger charge is 2.23. The average Bonchev–Trinajstić information content (AvgIpc) is 2.61. The van der Waals surface area contributed by atoms with Crippen molar-refractivity contribution in [1.82, 2.24) is 4.90 Å². The second kappa shape index (κ2) is 6.99. The Morgan fingerprint density at radius 1 is 1.53 bits per heavy atom. The predicted octanol–water partition coefficient (Wildman–Crippen LogP) is 1.25. The molecular weight excluding hydrogens is 188 g/mol. The van der Waals surface area contributed by atoms with Crippen LogP contribution in [0.1, 0.15) is 19.3 Å². The van der Waals surface area contributed by atoms with Crippen LogP contribution in [-0.2, 0) is 4.74 Å². The highest BCUT2D eigenvalue weighted by atomic mass is 16.5. The van der Waals surface area contributed by atoms with Crippen molar-refractivity contribution < 1.29 is 4.74 Å². The van der Waals surface area contributed by atoms with Gasteiger partial charge in [0, 0.05) is 32.8 Å². The molecule has 2 unspecified atom stereocenters. The van der Waals surface area contributed by atoms with Gasteiger partial charge in [-0.2, -0.15) is 0 Å². The molecule has 1 rings (SSSR count). The lowest BCUT2D eigenvalue weighted by molar-refractivity contribution is 0.144. The lowest BCUT2D eigenvalue weighted by atomic mass is 10.1. The molecule has 2 N–H and O–H groups in total. The van der Waals surface area contributed by atoms with E-state index in [1.54, 1.807) is 7.11 Å². The van der Waals surface area contributed by atoms with Crippen LogP contribution in [0, 0.1) is 5.92 Å². The number of nitrogens with zero attached hydrogens (tertiary/aromatic N) is 1. The number of hydrogen-bond donors (Lipinski definition) is 1. The van der Waals surface area contributed by atoms with Crippen molar-refractivity contribution in [2.45, 2.75) is 25.3 Å².